The van der Waals surface area contributed by atoms with Gasteiger partial charge in [-0.1, -0.05) is 0 Å². The van der Waals surface area contributed by atoms with E-state index < -0.39 is 22.8 Å². The van der Waals surface area contributed by atoms with Gasteiger partial charge in [0.05, 0.1) is 0 Å². The maximum atomic E-state index is 2.61. The molecule has 0 amide bonds. The molecule has 3 aromatic rings. The second-order valence-electron chi connectivity index (χ2n) is 14.4. The molecule has 0 saturated heterocycles. The van der Waals surface area contributed by atoms with E-state index in [1.165, 1.54) is 38.3 Å². The van der Waals surface area contributed by atoms with Crippen molar-refractivity contribution >= 4 is 12.1 Å². The molecule has 0 nitrogen and oxygen atoms in total. The Balaban J connectivity index is 0.00000230. The van der Waals surface area contributed by atoms with Gasteiger partial charge in [-0.3, -0.25) is 0 Å². The van der Waals surface area contributed by atoms with Gasteiger partial charge in [-0.15, -0.1) is 0 Å². The van der Waals surface area contributed by atoms with E-state index in [1.54, 1.807) is 17.6 Å². The number of hydrogen-bond donors (Lipinski definition) is 0. The van der Waals surface area contributed by atoms with Crippen molar-refractivity contribution in [1.82, 2.24) is 0 Å². The number of benzene rings is 3. The molecule has 3 aromatic carbocycles. The second-order valence-corrected chi connectivity index (χ2v) is 17.5. The Labute approximate surface area is 294 Å². The number of rotatable bonds is 6. The van der Waals surface area contributed by atoms with E-state index in [0.29, 0.717) is 0 Å². The van der Waals surface area contributed by atoms with Crippen LogP contribution in [-0.2, 0) is 28.2 Å². The fourth-order valence-electron chi connectivity index (χ4n) is 7.28. The molecule has 1 unspecified atom stereocenters. The van der Waals surface area contributed by atoms with Crippen molar-refractivity contribution in [3.63, 3.8) is 0 Å². The molecule has 3 aliphatic rings. The van der Waals surface area contributed by atoms with Crippen LogP contribution in [0.25, 0.3) is 8.85 Å². The van der Waals surface area contributed by atoms with Crippen LogP contribution in [0.1, 0.15) is 84.4 Å². The number of hydrogen-bond acceptors (Lipinski definition) is 0. The molecule has 0 aromatic heterocycles. The summed E-state index contributed by atoms with van der Waals surface area (Å²) in [7, 11) is 0. The van der Waals surface area contributed by atoms with Gasteiger partial charge in [0, 0.05) is 0 Å². The minimum absolute atomic E-state index is 0. The Morgan fingerprint density at radius 2 is 1.42 bits per heavy atom. The van der Waals surface area contributed by atoms with Crippen molar-refractivity contribution in [3.8, 4) is 0 Å². The van der Waals surface area contributed by atoms with Crippen LogP contribution in [0.15, 0.2) is 126 Å². The van der Waals surface area contributed by atoms with Crippen molar-refractivity contribution in [2.45, 2.75) is 73.1 Å². The van der Waals surface area contributed by atoms with Crippen molar-refractivity contribution in [1.29, 1.82) is 0 Å². The van der Waals surface area contributed by atoms with E-state index in [9.17, 15) is 0 Å². The van der Waals surface area contributed by atoms with Gasteiger partial charge < -0.3 is 24.8 Å². The van der Waals surface area contributed by atoms with Gasteiger partial charge in [-0.25, -0.2) is 0 Å². The first kappa shape index (κ1) is 35.5. The zero-order valence-electron chi connectivity index (χ0n) is 27.8. The van der Waals surface area contributed by atoms with Crippen LogP contribution in [0.3, 0.4) is 0 Å². The molecule has 6 rings (SSSR count). The third-order valence-corrected chi connectivity index (χ3v) is 13.6. The maximum Gasteiger partial charge on any atom is -1.00 e. The van der Waals surface area contributed by atoms with Gasteiger partial charge in [0.15, 0.2) is 0 Å². The molecule has 1 atom stereocenters. The number of allylic oxidation sites excluding steroid dienone is 8. The van der Waals surface area contributed by atoms with Crippen LogP contribution in [-0.4, -0.2) is 3.21 Å². The summed E-state index contributed by atoms with van der Waals surface area (Å²) in [6.07, 6.45) is 15.5. The molecule has 0 heterocycles. The normalized spacial score (nSPS) is 18.5. The Kier molecular flexibility index (Phi) is 10.9. The van der Waals surface area contributed by atoms with Crippen LogP contribution < -0.4 is 35.3 Å². The third kappa shape index (κ3) is 6.48. The molecule has 231 valence electrons. The van der Waals surface area contributed by atoms with E-state index in [1.807, 2.05) is 0 Å². The maximum absolute atomic E-state index is 2.61. The van der Waals surface area contributed by atoms with E-state index in [-0.39, 0.29) is 41.1 Å². The molecule has 3 heteroatoms. The summed E-state index contributed by atoms with van der Waals surface area (Å²) in [5.74, 6) is 0. The Bertz CT molecular complexity index is 1800. The molecule has 0 spiro atoms. The van der Waals surface area contributed by atoms with Gasteiger partial charge in [0.25, 0.3) is 0 Å². The van der Waals surface area contributed by atoms with E-state index >= 15 is 0 Å². The zero-order valence-corrected chi connectivity index (χ0v) is 31.7. The quantitative estimate of drug-likeness (QED) is 0.369. The molecule has 0 bridgehead atoms. The van der Waals surface area contributed by atoms with E-state index in [4.69, 9.17) is 0 Å². The topological polar surface area (TPSA) is 0 Å². The predicted molar refractivity (Wildman–Crippen MR) is 182 cm³/mol. The number of fused-ring (bicyclic) bond motifs is 2. The molecule has 0 fully saturated rings. The zero-order chi connectivity index (χ0) is 30.4. The van der Waals surface area contributed by atoms with Crippen LogP contribution >= 0.6 is 0 Å². The average molecular weight is 712 g/mol. The Hall–Kier alpha value is -2.31. The fourth-order valence-corrected chi connectivity index (χ4v) is 11.2. The smallest absolute Gasteiger partial charge is 1.00 e. The largest absolute Gasteiger partial charge is 1.00 e. The molecule has 0 aliphatic heterocycles. The van der Waals surface area contributed by atoms with Crippen molar-refractivity contribution in [3.05, 3.63) is 153 Å². The van der Waals surface area contributed by atoms with Crippen LogP contribution in [0.2, 0.25) is 0 Å². The first-order chi connectivity index (χ1) is 20.5. The minimum Gasteiger partial charge on any atom is -1.00 e. The summed E-state index contributed by atoms with van der Waals surface area (Å²) in [5, 5.41) is 2.92. The van der Waals surface area contributed by atoms with E-state index in [2.05, 4.69) is 158 Å². The third-order valence-electron chi connectivity index (χ3n) is 9.65. The van der Waals surface area contributed by atoms with Gasteiger partial charge in [-0.2, -0.15) is 0 Å². The summed E-state index contributed by atoms with van der Waals surface area (Å²) in [4.78, 5) is 0. The Morgan fingerprint density at radius 3 is 1.93 bits per heavy atom. The molecular formula is C42H45Cl2Zr. The van der Waals surface area contributed by atoms with E-state index in [0.717, 1.165) is 19.3 Å². The molecular weight excluding hydrogens is 667 g/mol. The fraction of sp³-hybridized carbons (Fsp3) is 0.310. The summed E-state index contributed by atoms with van der Waals surface area (Å²) in [6, 6.07) is 29.8. The average Bonchev–Trinajstić information content (AvgIpc) is 3.62. The molecule has 0 saturated carbocycles. The standard InChI is InChI=1S/C29H35.C13H10.2ClH.Zr/c1-8-16-29(28(5,6)7)17-15-24-23-14-13-22(27(2,3)4)18-21(23)19-25(24)26(29)20-11-9-10-12-20;1-3-7-12(8-4-1)11-13-9-5-2-6-10-13;;;/h9-11,13-15,17-18H,8,12,16H2,1-7H3;1-10H;2*1H;/q;;;;+2/p-2. The summed E-state index contributed by atoms with van der Waals surface area (Å²) in [5.41, 5.74) is 10.5. The van der Waals surface area contributed by atoms with Gasteiger partial charge >= 0.3 is 272 Å². The SMILES string of the molecule is CCCC1(C(C)(C)C)C=CC2=c3ccc(C(C)(C)C)cc3=[C]([Zr+2]=[C](c3ccccc3)c3ccccc3)C2=C1C1=CC=CC1.[Cl-].[Cl-]. The monoisotopic (exact) mass is 709 g/mol. The number of halogens is 2. The van der Waals surface area contributed by atoms with Crippen molar-refractivity contribution in [2.75, 3.05) is 0 Å². The summed E-state index contributed by atoms with van der Waals surface area (Å²) >= 11 is -1.33. The van der Waals surface area contributed by atoms with Crippen LogP contribution in [0.4, 0.5) is 0 Å². The van der Waals surface area contributed by atoms with Crippen LogP contribution in [0, 0.1) is 10.8 Å². The first-order valence-electron chi connectivity index (χ1n) is 16.0. The van der Waals surface area contributed by atoms with Crippen molar-refractivity contribution in [2.24, 2.45) is 10.8 Å². The molecule has 0 radical (unpaired) electrons. The van der Waals surface area contributed by atoms with Crippen molar-refractivity contribution < 1.29 is 47.6 Å². The second kappa shape index (κ2) is 13.8. The van der Waals surface area contributed by atoms with Crippen LogP contribution in [0.5, 0.6) is 0 Å². The van der Waals surface area contributed by atoms with Gasteiger partial charge in [0.1, 0.15) is 0 Å². The molecule has 45 heavy (non-hydrogen) atoms. The summed E-state index contributed by atoms with van der Waals surface area (Å²) < 4.78 is 3.21. The predicted octanol–water partition coefficient (Wildman–Crippen LogP) is 3.20. The van der Waals surface area contributed by atoms with Gasteiger partial charge in [-0.05, 0) is 0 Å². The summed E-state index contributed by atoms with van der Waals surface area (Å²) in [6.45, 7) is 16.8. The van der Waals surface area contributed by atoms with Gasteiger partial charge in [0.2, 0.25) is 0 Å². The molecule has 0 N–H and O–H groups in total. The Morgan fingerprint density at radius 1 is 0.800 bits per heavy atom. The minimum atomic E-state index is -1.33. The first-order valence-corrected chi connectivity index (χ1v) is 18.5. The molecule has 3 aliphatic carbocycles.